The molecule has 0 radical (unpaired) electrons. The number of carbonyl (C=O) groups is 2. The van der Waals surface area contributed by atoms with Crippen LogP contribution in [0, 0.1) is 0 Å². The SMILES string of the molecule is CCN1/C(=C/C=C/c2n(CC)c3cc(Cl)c(Cl)cc3[n+]2CCCOC(C)=O)N(CCCOC(C)=O)c2cc(Cl)c(Cl)cc21.[I-]. The molecular formula is C31H35Cl4IN4O4. The van der Waals surface area contributed by atoms with Gasteiger partial charge < -0.3 is 43.3 Å². The molecule has 1 aliphatic rings. The monoisotopic (exact) mass is 794 g/mol. The minimum atomic E-state index is -0.305. The van der Waals surface area contributed by atoms with E-state index in [0.717, 1.165) is 34.1 Å². The predicted octanol–water partition coefficient (Wildman–Crippen LogP) is 4.67. The third-order valence-corrected chi connectivity index (χ3v) is 8.53. The number of rotatable bonds is 12. The van der Waals surface area contributed by atoms with Crippen LogP contribution in [-0.2, 0) is 32.2 Å². The summed E-state index contributed by atoms with van der Waals surface area (Å²) in [6, 6.07) is 7.51. The number of aryl methyl sites for hydroxylation is 2. The third-order valence-electron chi connectivity index (χ3n) is 7.09. The molecule has 44 heavy (non-hydrogen) atoms. The van der Waals surface area contributed by atoms with E-state index in [0.29, 0.717) is 72.3 Å². The number of hydrogen-bond donors (Lipinski definition) is 0. The highest BCUT2D eigenvalue weighted by atomic mass is 127. The molecule has 0 aliphatic carbocycles. The molecule has 1 aromatic heterocycles. The van der Waals surface area contributed by atoms with Crippen molar-refractivity contribution in [3.05, 3.63) is 68.2 Å². The predicted molar refractivity (Wildman–Crippen MR) is 174 cm³/mol. The van der Waals surface area contributed by atoms with Crippen LogP contribution >= 0.6 is 46.4 Å². The van der Waals surface area contributed by atoms with Gasteiger partial charge in [0.05, 0.1) is 57.8 Å². The zero-order valence-corrected chi connectivity index (χ0v) is 30.2. The van der Waals surface area contributed by atoms with Crippen molar-refractivity contribution in [3.63, 3.8) is 0 Å². The maximum Gasteiger partial charge on any atom is 0.302 e. The Balaban J connectivity index is 0.00000529. The van der Waals surface area contributed by atoms with Crippen LogP contribution in [0.3, 0.4) is 0 Å². The summed E-state index contributed by atoms with van der Waals surface area (Å²) in [5, 5.41) is 1.90. The van der Waals surface area contributed by atoms with Crippen molar-refractivity contribution in [1.82, 2.24) is 4.57 Å². The van der Waals surface area contributed by atoms with Gasteiger partial charge in [0.25, 0.3) is 5.82 Å². The Kier molecular flexibility index (Phi) is 13.5. The first-order chi connectivity index (χ1) is 20.6. The highest BCUT2D eigenvalue weighted by molar-refractivity contribution is 6.43. The second-order valence-corrected chi connectivity index (χ2v) is 11.6. The van der Waals surface area contributed by atoms with Crippen LogP contribution in [-0.4, -0.2) is 42.8 Å². The molecule has 0 fully saturated rings. The minimum Gasteiger partial charge on any atom is -1.00 e. The highest BCUT2D eigenvalue weighted by Gasteiger charge is 2.31. The Morgan fingerprint density at radius 3 is 1.98 bits per heavy atom. The summed E-state index contributed by atoms with van der Waals surface area (Å²) in [6.07, 6.45) is 7.38. The Bertz CT molecular complexity index is 1590. The summed E-state index contributed by atoms with van der Waals surface area (Å²) in [5.74, 6) is 1.28. The maximum atomic E-state index is 11.3. The van der Waals surface area contributed by atoms with E-state index in [1.54, 1.807) is 0 Å². The molecule has 4 rings (SSSR count). The highest BCUT2D eigenvalue weighted by Crippen LogP contribution is 2.45. The van der Waals surface area contributed by atoms with Crippen LogP contribution in [0.4, 0.5) is 11.4 Å². The fraction of sp³-hybridized carbons (Fsp3) is 0.387. The van der Waals surface area contributed by atoms with Crippen LogP contribution in [0.1, 0.15) is 46.4 Å². The standard InChI is InChI=1S/C31H35Cl4N4O4.HI/c1-5-36-26-16-22(32)24(34)18-28(26)38(12-8-14-42-20(3)40)30(36)10-7-11-31-37(6-2)27-17-23(33)25(35)19-29(27)39(31)13-9-15-43-21(4)41;/h7,10-11,16-19H,5-6,8-9,12-15H2,1-4H3;1H/q+1;/p-1. The van der Waals surface area contributed by atoms with Crippen LogP contribution < -0.4 is 38.3 Å². The lowest BCUT2D eigenvalue weighted by Gasteiger charge is -2.24. The minimum absolute atomic E-state index is 0. The Morgan fingerprint density at radius 1 is 0.818 bits per heavy atom. The lowest BCUT2D eigenvalue weighted by atomic mass is 10.2. The van der Waals surface area contributed by atoms with Crippen molar-refractivity contribution >= 4 is 86.8 Å². The van der Waals surface area contributed by atoms with Crippen molar-refractivity contribution in [1.29, 1.82) is 0 Å². The molecule has 0 saturated heterocycles. The number of aromatic nitrogens is 2. The van der Waals surface area contributed by atoms with Crippen molar-refractivity contribution in [2.45, 2.75) is 53.6 Å². The van der Waals surface area contributed by atoms with Gasteiger partial charge in [-0.25, -0.2) is 9.13 Å². The molecule has 238 valence electrons. The molecule has 0 atom stereocenters. The number of fused-ring (bicyclic) bond motifs is 2. The van der Waals surface area contributed by atoms with Gasteiger partial charge in [-0.15, -0.1) is 0 Å². The third kappa shape index (κ3) is 8.15. The van der Waals surface area contributed by atoms with Crippen LogP contribution in [0.15, 0.2) is 42.2 Å². The lowest BCUT2D eigenvalue weighted by molar-refractivity contribution is -0.674. The van der Waals surface area contributed by atoms with Crippen molar-refractivity contribution in [2.24, 2.45) is 0 Å². The molecule has 2 heterocycles. The van der Waals surface area contributed by atoms with Gasteiger partial charge in [-0.05, 0) is 38.5 Å². The number of anilines is 2. The molecular weight excluding hydrogens is 761 g/mol. The van der Waals surface area contributed by atoms with Gasteiger partial charge in [-0.2, -0.15) is 0 Å². The number of hydrogen-bond acceptors (Lipinski definition) is 6. The van der Waals surface area contributed by atoms with Crippen molar-refractivity contribution in [3.8, 4) is 0 Å². The molecule has 0 amide bonds. The molecule has 1 aliphatic heterocycles. The summed E-state index contributed by atoms with van der Waals surface area (Å²) >= 11 is 25.7. The fourth-order valence-electron chi connectivity index (χ4n) is 5.29. The van der Waals surface area contributed by atoms with Crippen LogP contribution in [0.5, 0.6) is 0 Å². The molecule has 0 unspecified atom stereocenters. The van der Waals surface area contributed by atoms with Crippen molar-refractivity contribution in [2.75, 3.05) is 36.1 Å². The molecule has 0 bridgehead atoms. The van der Waals surface area contributed by atoms with Gasteiger partial charge >= 0.3 is 11.9 Å². The lowest BCUT2D eigenvalue weighted by Crippen LogP contribution is -3.00. The van der Waals surface area contributed by atoms with Crippen LogP contribution in [0.2, 0.25) is 20.1 Å². The number of benzene rings is 2. The molecule has 3 aromatic rings. The van der Waals surface area contributed by atoms with E-state index in [2.05, 4.69) is 44.9 Å². The Labute approximate surface area is 295 Å². The summed E-state index contributed by atoms with van der Waals surface area (Å²) in [4.78, 5) is 27.0. The number of nitrogens with zero attached hydrogens (tertiary/aromatic N) is 4. The van der Waals surface area contributed by atoms with Crippen molar-refractivity contribution < 1.29 is 47.6 Å². The first-order valence-electron chi connectivity index (χ1n) is 14.2. The summed E-state index contributed by atoms with van der Waals surface area (Å²) in [6.45, 7) is 10.2. The van der Waals surface area contributed by atoms with E-state index in [9.17, 15) is 9.59 Å². The zero-order chi connectivity index (χ0) is 31.3. The molecule has 2 aromatic carbocycles. The Morgan fingerprint density at radius 2 is 1.39 bits per heavy atom. The van der Waals surface area contributed by atoms with Gasteiger partial charge in [0, 0.05) is 51.6 Å². The first kappa shape index (κ1) is 36.3. The van der Waals surface area contributed by atoms with Gasteiger partial charge in [0.1, 0.15) is 5.82 Å². The smallest absolute Gasteiger partial charge is 0.302 e. The second kappa shape index (κ2) is 16.4. The van der Waals surface area contributed by atoms with E-state index in [1.165, 1.54) is 13.8 Å². The molecule has 0 spiro atoms. The first-order valence-corrected chi connectivity index (χ1v) is 15.7. The van der Waals surface area contributed by atoms with Gasteiger partial charge in [-0.1, -0.05) is 52.5 Å². The second-order valence-electron chi connectivity index (χ2n) is 9.93. The zero-order valence-electron chi connectivity index (χ0n) is 25.0. The quantitative estimate of drug-likeness (QED) is 0.115. The van der Waals surface area contributed by atoms with Crippen LogP contribution in [0.25, 0.3) is 17.1 Å². The summed E-state index contributed by atoms with van der Waals surface area (Å²) < 4.78 is 14.7. The largest absolute Gasteiger partial charge is 1.00 e. The summed E-state index contributed by atoms with van der Waals surface area (Å²) in [5.41, 5.74) is 3.78. The number of esters is 2. The van der Waals surface area contributed by atoms with Gasteiger partial charge in [-0.3, -0.25) is 9.59 Å². The van der Waals surface area contributed by atoms with Gasteiger partial charge in [0.15, 0.2) is 11.0 Å². The van der Waals surface area contributed by atoms with Gasteiger partial charge in [0.2, 0.25) is 0 Å². The average molecular weight is 796 g/mol. The Hall–Kier alpha value is -2.18. The van der Waals surface area contributed by atoms with E-state index in [-0.39, 0.29) is 35.9 Å². The van der Waals surface area contributed by atoms with E-state index < -0.39 is 0 Å². The average Bonchev–Trinajstić information content (AvgIpc) is 3.39. The van der Waals surface area contributed by atoms with E-state index >= 15 is 0 Å². The molecule has 0 N–H and O–H groups in total. The summed E-state index contributed by atoms with van der Waals surface area (Å²) in [7, 11) is 0. The molecule has 8 nitrogen and oxygen atoms in total. The fourth-order valence-corrected chi connectivity index (χ4v) is 5.93. The normalized spacial score (nSPS) is 13.6. The molecule has 0 saturated carbocycles. The maximum absolute atomic E-state index is 11.3. The number of carbonyl (C=O) groups excluding carboxylic acids is 2. The topological polar surface area (TPSA) is 67.9 Å². The number of imidazole rings is 1. The van der Waals surface area contributed by atoms with E-state index in [4.69, 9.17) is 55.9 Å². The number of ether oxygens (including phenoxy) is 2. The number of allylic oxidation sites excluding steroid dienone is 2. The van der Waals surface area contributed by atoms with E-state index in [1.807, 2.05) is 30.3 Å². The number of halogens is 5. The molecule has 13 heteroatoms.